The Bertz CT molecular complexity index is 339. The first-order valence-electron chi connectivity index (χ1n) is 8.87. The van der Waals surface area contributed by atoms with Gasteiger partial charge in [0.15, 0.2) is 0 Å². The van der Waals surface area contributed by atoms with Crippen LogP contribution in [0.4, 0.5) is 4.79 Å². The average Bonchev–Trinajstić information content (AvgIpc) is 2.79. The van der Waals surface area contributed by atoms with Crippen molar-refractivity contribution in [2.75, 3.05) is 13.1 Å². The third-order valence-electron chi connectivity index (χ3n) is 4.29. The third kappa shape index (κ3) is 6.15. The molecule has 1 aliphatic heterocycles. The molecule has 1 atom stereocenters. The summed E-state index contributed by atoms with van der Waals surface area (Å²) in [4.78, 5) is 16.7. The van der Waals surface area contributed by atoms with Gasteiger partial charge in [-0.05, 0) is 80.7 Å². The number of rotatable bonds is 6. The Morgan fingerprint density at radius 1 is 1.23 bits per heavy atom. The molecule has 1 rings (SSSR count). The van der Waals surface area contributed by atoms with Gasteiger partial charge in [-0.15, -0.1) is 0 Å². The van der Waals surface area contributed by atoms with Crippen molar-refractivity contribution in [2.24, 2.45) is 0 Å². The molecular weight excluding hydrogens is 276 g/mol. The van der Waals surface area contributed by atoms with Crippen LogP contribution in [0, 0.1) is 0 Å². The molecule has 4 nitrogen and oxygen atoms in total. The van der Waals surface area contributed by atoms with Crippen LogP contribution in [-0.4, -0.2) is 52.7 Å². The van der Waals surface area contributed by atoms with Gasteiger partial charge in [0.25, 0.3) is 0 Å². The minimum absolute atomic E-state index is 0.139. The van der Waals surface area contributed by atoms with E-state index in [4.69, 9.17) is 4.74 Å². The minimum atomic E-state index is -0.406. The molecule has 0 N–H and O–H groups in total. The second-order valence-electron chi connectivity index (χ2n) is 8.04. The van der Waals surface area contributed by atoms with Crippen molar-refractivity contribution in [1.29, 1.82) is 0 Å². The zero-order valence-electron chi connectivity index (χ0n) is 15.7. The summed E-state index contributed by atoms with van der Waals surface area (Å²) in [6.45, 7) is 16.7. The zero-order valence-corrected chi connectivity index (χ0v) is 15.7. The maximum atomic E-state index is 12.3. The van der Waals surface area contributed by atoms with Crippen LogP contribution in [0.1, 0.15) is 74.1 Å². The summed E-state index contributed by atoms with van der Waals surface area (Å²) in [5.41, 5.74) is -0.406. The molecular formula is C18H36N2O2. The molecule has 0 aromatic heterocycles. The highest BCUT2D eigenvalue weighted by molar-refractivity contribution is 5.68. The molecule has 0 saturated carbocycles. The van der Waals surface area contributed by atoms with Crippen LogP contribution in [-0.2, 0) is 4.74 Å². The molecule has 1 aliphatic rings. The fourth-order valence-electron chi connectivity index (χ4n) is 3.32. The van der Waals surface area contributed by atoms with Gasteiger partial charge in [0.2, 0.25) is 0 Å². The lowest BCUT2D eigenvalue weighted by molar-refractivity contribution is 0.0215. The molecule has 0 aromatic carbocycles. The van der Waals surface area contributed by atoms with Crippen molar-refractivity contribution in [3.05, 3.63) is 0 Å². The highest BCUT2D eigenvalue weighted by atomic mass is 16.6. The van der Waals surface area contributed by atoms with Crippen molar-refractivity contribution >= 4 is 6.09 Å². The Kier molecular flexibility index (Phi) is 7.17. The fraction of sp³-hybridized carbons (Fsp3) is 0.944. The van der Waals surface area contributed by atoms with E-state index in [-0.39, 0.29) is 6.09 Å². The smallest absolute Gasteiger partial charge is 0.410 e. The SMILES string of the molecule is CC(C)N(CCC[C@H]1CCCN1C(=O)OC(C)(C)C)C(C)C. The van der Waals surface area contributed by atoms with Crippen LogP contribution in [0.2, 0.25) is 0 Å². The summed E-state index contributed by atoms with van der Waals surface area (Å²) in [5, 5.41) is 0. The van der Waals surface area contributed by atoms with Crippen LogP contribution < -0.4 is 0 Å². The molecule has 0 aromatic rings. The van der Waals surface area contributed by atoms with E-state index in [1.165, 1.54) is 0 Å². The molecule has 0 bridgehead atoms. The first-order valence-corrected chi connectivity index (χ1v) is 8.87. The Hall–Kier alpha value is -0.770. The van der Waals surface area contributed by atoms with Crippen LogP contribution in [0.25, 0.3) is 0 Å². The van der Waals surface area contributed by atoms with E-state index in [0.717, 1.165) is 38.8 Å². The van der Waals surface area contributed by atoms with Gasteiger partial charge < -0.3 is 9.64 Å². The Balaban J connectivity index is 2.46. The second kappa shape index (κ2) is 8.19. The highest BCUT2D eigenvalue weighted by Crippen LogP contribution is 2.24. The summed E-state index contributed by atoms with van der Waals surface area (Å²) in [6.07, 6.45) is 4.29. The van der Waals surface area contributed by atoms with E-state index >= 15 is 0 Å². The molecule has 0 radical (unpaired) electrons. The Labute approximate surface area is 137 Å². The van der Waals surface area contributed by atoms with Gasteiger partial charge in [0.05, 0.1) is 0 Å². The quantitative estimate of drug-likeness (QED) is 0.733. The van der Waals surface area contributed by atoms with Crippen molar-refractivity contribution in [3.8, 4) is 0 Å². The van der Waals surface area contributed by atoms with E-state index in [9.17, 15) is 4.79 Å². The zero-order chi connectivity index (χ0) is 16.9. The van der Waals surface area contributed by atoms with E-state index in [2.05, 4.69) is 32.6 Å². The standard InChI is InChI=1S/C18H36N2O2/c1-14(2)19(15(3)4)12-8-10-16-11-9-13-20(16)17(21)22-18(5,6)7/h14-16H,8-13H2,1-7H3/t16-/m0/s1. The molecule has 0 aliphatic carbocycles. The molecule has 1 amide bonds. The molecule has 0 spiro atoms. The second-order valence-corrected chi connectivity index (χ2v) is 8.04. The van der Waals surface area contributed by atoms with Crippen LogP contribution in [0.15, 0.2) is 0 Å². The largest absolute Gasteiger partial charge is 0.444 e. The topological polar surface area (TPSA) is 32.8 Å². The number of likely N-dealkylation sites (tertiary alicyclic amines) is 1. The maximum absolute atomic E-state index is 12.3. The van der Waals surface area contributed by atoms with Crippen LogP contribution >= 0.6 is 0 Å². The Morgan fingerprint density at radius 2 is 1.82 bits per heavy atom. The Morgan fingerprint density at radius 3 is 2.32 bits per heavy atom. The van der Waals surface area contributed by atoms with E-state index in [1.54, 1.807) is 0 Å². The first kappa shape index (κ1) is 19.3. The first-order chi connectivity index (χ1) is 10.1. The summed E-state index contributed by atoms with van der Waals surface area (Å²) < 4.78 is 5.53. The molecule has 22 heavy (non-hydrogen) atoms. The molecule has 1 saturated heterocycles. The van der Waals surface area contributed by atoms with E-state index in [0.29, 0.717) is 18.1 Å². The van der Waals surface area contributed by atoms with Crippen molar-refractivity contribution < 1.29 is 9.53 Å². The van der Waals surface area contributed by atoms with Gasteiger partial charge in [-0.1, -0.05) is 0 Å². The predicted octanol–water partition coefficient (Wildman–Crippen LogP) is 4.28. The van der Waals surface area contributed by atoms with E-state index < -0.39 is 5.60 Å². The van der Waals surface area contributed by atoms with Gasteiger partial charge in [0, 0.05) is 24.7 Å². The van der Waals surface area contributed by atoms with Gasteiger partial charge in [-0.25, -0.2) is 4.79 Å². The minimum Gasteiger partial charge on any atom is -0.444 e. The molecule has 130 valence electrons. The normalized spacial score (nSPS) is 19.5. The predicted molar refractivity (Wildman–Crippen MR) is 92.2 cm³/mol. The summed E-state index contributed by atoms with van der Waals surface area (Å²) >= 11 is 0. The number of ether oxygens (including phenoxy) is 1. The molecule has 1 heterocycles. The number of carbonyl (C=O) groups excluding carboxylic acids is 1. The van der Waals surface area contributed by atoms with Gasteiger partial charge in [-0.2, -0.15) is 0 Å². The lowest BCUT2D eigenvalue weighted by Crippen LogP contribution is -2.41. The number of amides is 1. The van der Waals surface area contributed by atoms with Crippen LogP contribution in [0.5, 0.6) is 0 Å². The van der Waals surface area contributed by atoms with Crippen molar-refractivity contribution in [3.63, 3.8) is 0 Å². The maximum Gasteiger partial charge on any atom is 0.410 e. The van der Waals surface area contributed by atoms with Gasteiger partial charge in [-0.3, -0.25) is 4.90 Å². The molecule has 0 unspecified atom stereocenters. The van der Waals surface area contributed by atoms with Crippen molar-refractivity contribution in [1.82, 2.24) is 9.80 Å². The number of hydrogen-bond acceptors (Lipinski definition) is 3. The lowest BCUT2D eigenvalue weighted by Gasteiger charge is -2.32. The monoisotopic (exact) mass is 312 g/mol. The lowest BCUT2D eigenvalue weighted by atomic mass is 10.1. The van der Waals surface area contributed by atoms with Crippen LogP contribution in [0.3, 0.4) is 0 Å². The number of carbonyl (C=O) groups is 1. The average molecular weight is 312 g/mol. The molecule has 4 heteroatoms. The third-order valence-corrected chi connectivity index (χ3v) is 4.29. The summed E-state index contributed by atoms with van der Waals surface area (Å²) in [6, 6.07) is 1.51. The van der Waals surface area contributed by atoms with E-state index in [1.807, 2.05) is 25.7 Å². The molecule has 1 fully saturated rings. The number of hydrogen-bond donors (Lipinski definition) is 0. The van der Waals surface area contributed by atoms with Gasteiger partial charge in [0.1, 0.15) is 5.60 Å². The highest BCUT2D eigenvalue weighted by Gasteiger charge is 2.31. The summed E-state index contributed by atoms with van der Waals surface area (Å²) in [5.74, 6) is 0. The van der Waals surface area contributed by atoms with Gasteiger partial charge >= 0.3 is 6.09 Å². The van der Waals surface area contributed by atoms with Crippen molar-refractivity contribution in [2.45, 2.75) is 97.9 Å². The fourth-order valence-corrected chi connectivity index (χ4v) is 3.32. The number of nitrogens with zero attached hydrogens (tertiary/aromatic N) is 2. The summed E-state index contributed by atoms with van der Waals surface area (Å²) in [7, 11) is 0.